The zero-order chi connectivity index (χ0) is 14.4. The highest BCUT2D eigenvalue weighted by atomic mass is 15.3. The predicted octanol–water partition coefficient (Wildman–Crippen LogP) is 3.61. The number of nitrogens with zero attached hydrogens (tertiary/aromatic N) is 2. The summed E-state index contributed by atoms with van der Waals surface area (Å²) in [7, 11) is 0. The molecule has 0 aliphatic carbocycles. The van der Waals surface area contributed by atoms with Crippen molar-refractivity contribution >= 4 is 0 Å². The van der Waals surface area contributed by atoms with Gasteiger partial charge in [-0.1, -0.05) is 33.1 Å². The van der Waals surface area contributed by atoms with Gasteiger partial charge in [-0.2, -0.15) is 5.10 Å². The van der Waals surface area contributed by atoms with E-state index in [1.54, 1.807) is 0 Å². The van der Waals surface area contributed by atoms with Crippen molar-refractivity contribution in [3.63, 3.8) is 0 Å². The van der Waals surface area contributed by atoms with Gasteiger partial charge in [-0.3, -0.25) is 4.68 Å². The quantitative estimate of drug-likeness (QED) is 0.780. The minimum Gasteiger partial charge on any atom is -0.328 e. The zero-order valence-electron chi connectivity index (χ0n) is 13.4. The molecule has 0 saturated heterocycles. The molecule has 0 saturated carbocycles. The Kier molecular flexibility index (Phi) is 6.56. The van der Waals surface area contributed by atoms with E-state index in [-0.39, 0.29) is 6.04 Å². The molecule has 0 aliphatic rings. The summed E-state index contributed by atoms with van der Waals surface area (Å²) < 4.78 is 2.21. The van der Waals surface area contributed by atoms with Crippen LogP contribution in [0.15, 0.2) is 0 Å². The average molecular weight is 265 g/mol. The van der Waals surface area contributed by atoms with E-state index < -0.39 is 0 Å². The third-order valence-corrected chi connectivity index (χ3v) is 4.03. The number of aryl methyl sites for hydroxylation is 1. The van der Waals surface area contributed by atoms with Crippen molar-refractivity contribution in [2.75, 3.05) is 0 Å². The van der Waals surface area contributed by atoms with Gasteiger partial charge in [0.25, 0.3) is 0 Å². The minimum atomic E-state index is 0.206. The van der Waals surface area contributed by atoms with Gasteiger partial charge >= 0.3 is 0 Å². The Bertz CT molecular complexity index is 380. The molecule has 3 nitrogen and oxygen atoms in total. The molecule has 0 amide bonds. The van der Waals surface area contributed by atoms with E-state index in [2.05, 4.69) is 39.3 Å². The highest BCUT2D eigenvalue weighted by molar-refractivity contribution is 5.25. The summed E-state index contributed by atoms with van der Waals surface area (Å²) in [5.41, 5.74) is 9.74. The summed E-state index contributed by atoms with van der Waals surface area (Å²) in [4.78, 5) is 0. The van der Waals surface area contributed by atoms with Crippen LogP contribution in [0.2, 0.25) is 0 Å². The molecule has 1 heterocycles. The van der Waals surface area contributed by atoms with E-state index in [1.165, 1.54) is 36.9 Å². The van der Waals surface area contributed by atoms with E-state index in [0.29, 0.717) is 0 Å². The van der Waals surface area contributed by atoms with Gasteiger partial charge in [0.1, 0.15) is 0 Å². The molecule has 0 spiro atoms. The molecular formula is C16H31N3. The number of rotatable bonds is 8. The average Bonchev–Trinajstić information content (AvgIpc) is 2.61. The van der Waals surface area contributed by atoms with Gasteiger partial charge in [0.15, 0.2) is 0 Å². The van der Waals surface area contributed by atoms with Crippen molar-refractivity contribution in [1.29, 1.82) is 0 Å². The fourth-order valence-corrected chi connectivity index (χ4v) is 2.69. The molecule has 1 aromatic heterocycles. The molecule has 2 unspecified atom stereocenters. The van der Waals surface area contributed by atoms with Crippen LogP contribution in [-0.2, 0) is 13.0 Å². The summed E-state index contributed by atoms with van der Waals surface area (Å²) >= 11 is 0. The van der Waals surface area contributed by atoms with Gasteiger partial charge in [-0.25, -0.2) is 0 Å². The highest BCUT2D eigenvalue weighted by Crippen LogP contribution is 2.20. The Balaban J connectivity index is 2.77. The maximum atomic E-state index is 5.93. The molecule has 1 rings (SSSR count). The normalized spacial score (nSPS) is 14.6. The number of hydrogen-bond acceptors (Lipinski definition) is 2. The van der Waals surface area contributed by atoms with Crippen LogP contribution >= 0.6 is 0 Å². The Morgan fingerprint density at radius 1 is 1.26 bits per heavy atom. The zero-order valence-corrected chi connectivity index (χ0v) is 13.4. The molecule has 0 aromatic carbocycles. The lowest BCUT2D eigenvalue weighted by Crippen LogP contribution is -2.19. The second-order valence-corrected chi connectivity index (χ2v) is 5.93. The SMILES string of the molecule is CCCCC(CC)Cn1nc(C)c(CC(C)N)c1C. The van der Waals surface area contributed by atoms with Crippen LogP contribution in [0.25, 0.3) is 0 Å². The third-order valence-electron chi connectivity index (χ3n) is 4.03. The monoisotopic (exact) mass is 265 g/mol. The summed E-state index contributed by atoms with van der Waals surface area (Å²) in [6, 6.07) is 0.206. The maximum absolute atomic E-state index is 5.93. The lowest BCUT2D eigenvalue weighted by molar-refractivity contribution is 0.367. The van der Waals surface area contributed by atoms with E-state index in [1.807, 2.05) is 0 Å². The topological polar surface area (TPSA) is 43.8 Å². The lowest BCUT2D eigenvalue weighted by Gasteiger charge is -2.16. The first-order valence-corrected chi connectivity index (χ1v) is 7.77. The standard InChI is InChI=1S/C16H31N3/c1-6-8-9-15(7-2)11-19-14(5)16(10-12(3)17)13(4)18-19/h12,15H,6-11,17H2,1-5H3. The van der Waals surface area contributed by atoms with Crippen molar-refractivity contribution in [1.82, 2.24) is 9.78 Å². The molecule has 2 N–H and O–H groups in total. The summed E-state index contributed by atoms with van der Waals surface area (Å²) in [6.07, 6.45) is 6.09. The first-order valence-electron chi connectivity index (χ1n) is 7.77. The second kappa shape index (κ2) is 7.68. The molecule has 110 valence electrons. The number of unbranched alkanes of at least 4 members (excludes halogenated alkanes) is 1. The van der Waals surface area contributed by atoms with E-state index >= 15 is 0 Å². The molecule has 0 bridgehead atoms. The van der Waals surface area contributed by atoms with E-state index in [4.69, 9.17) is 10.8 Å². The van der Waals surface area contributed by atoms with Crippen LogP contribution in [0.3, 0.4) is 0 Å². The summed E-state index contributed by atoms with van der Waals surface area (Å²) in [5.74, 6) is 0.751. The van der Waals surface area contributed by atoms with Crippen LogP contribution in [0.5, 0.6) is 0 Å². The molecule has 3 heteroatoms. The van der Waals surface area contributed by atoms with Crippen LogP contribution < -0.4 is 5.73 Å². The second-order valence-electron chi connectivity index (χ2n) is 5.93. The van der Waals surface area contributed by atoms with Crippen LogP contribution in [-0.4, -0.2) is 15.8 Å². The predicted molar refractivity (Wildman–Crippen MR) is 82.4 cm³/mol. The van der Waals surface area contributed by atoms with Crippen molar-refractivity contribution in [3.8, 4) is 0 Å². The number of hydrogen-bond donors (Lipinski definition) is 1. The van der Waals surface area contributed by atoms with Crippen molar-refractivity contribution in [2.24, 2.45) is 11.7 Å². The fraction of sp³-hybridized carbons (Fsp3) is 0.812. The van der Waals surface area contributed by atoms with E-state index in [0.717, 1.165) is 24.6 Å². The molecule has 0 fully saturated rings. The van der Waals surface area contributed by atoms with E-state index in [9.17, 15) is 0 Å². The highest BCUT2D eigenvalue weighted by Gasteiger charge is 2.15. The molecule has 0 aliphatic heterocycles. The largest absolute Gasteiger partial charge is 0.328 e. The fourth-order valence-electron chi connectivity index (χ4n) is 2.69. The van der Waals surface area contributed by atoms with Crippen LogP contribution in [0.1, 0.15) is 63.4 Å². The number of nitrogens with two attached hydrogens (primary N) is 1. The molecule has 0 radical (unpaired) electrons. The first-order chi connectivity index (χ1) is 8.99. The molecular weight excluding hydrogens is 234 g/mol. The number of aromatic nitrogens is 2. The van der Waals surface area contributed by atoms with Gasteiger partial charge in [-0.15, -0.1) is 0 Å². The molecule has 19 heavy (non-hydrogen) atoms. The van der Waals surface area contributed by atoms with Gasteiger partial charge in [0, 0.05) is 18.3 Å². The molecule has 2 atom stereocenters. The Labute approximate surface area is 118 Å². The van der Waals surface area contributed by atoms with Gasteiger partial charge < -0.3 is 5.73 Å². The van der Waals surface area contributed by atoms with Crippen molar-refractivity contribution < 1.29 is 0 Å². The van der Waals surface area contributed by atoms with Crippen molar-refractivity contribution in [2.45, 2.75) is 79.3 Å². The third kappa shape index (κ3) is 4.64. The maximum Gasteiger partial charge on any atom is 0.0629 e. The lowest BCUT2D eigenvalue weighted by atomic mass is 9.99. The Hall–Kier alpha value is -0.830. The van der Waals surface area contributed by atoms with Gasteiger partial charge in [-0.05, 0) is 45.1 Å². The Morgan fingerprint density at radius 3 is 2.47 bits per heavy atom. The van der Waals surface area contributed by atoms with Gasteiger partial charge in [0.05, 0.1) is 5.69 Å². The van der Waals surface area contributed by atoms with Gasteiger partial charge in [0.2, 0.25) is 0 Å². The minimum absolute atomic E-state index is 0.206. The van der Waals surface area contributed by atoms with Crippen LogP contribution in [0, 0.1) is 19.8 Å². The van der Waals surface area contributed by atoms with Crippen molar-refractivity contribution in [3.05, 3.63) is 17.0 Å². The summed E-state index contributed by atoms with van der Waals surface area (Å²) in [6.45, 7) is 12.0. The smallest absolute Gasteiger partial charge is 0.0629 e. The summed E-state index contributed by atoms with van der Waals surface area (Å²) in [5, 5.41) is 4.72. The Morgan fingerprint density at radius 2 is 1.95 bits per heavy atom. The first kappa shape index (κ1) is 16.2. The molecule has 1 aromatic rings. The van der Waals surface area contributed by atoms with Crippen LogP contribution in [0.4, 0.5) is 0 Å².